The molecule has 1 aliphatic heterocycles. The zero-order chi connectivity index (χ0) is 15.5. The number of aliphatic carboxylic acids is 1. The molecule has 1 N–H and O–H groups in total. The number of hydrogen-bond acceptors (Lipinski definition) is 3. The molecule has 1 aromatic rings. The minimum absolute atomic E-state index is 0.252. The number of carbonyl (C=O) groups is 1. The maximum absolute atomic E-state index is 12.7. The SMILES string of the molecule is CCN(Cc1ccccc1)S(=O)(=O)N1CCC[C@@H]1C(=O)O. The molecular weight excluding hydrogens is 292 g/mol. The summed E-state index contributed by atoms with van der Waals surface area (Å²) >= 11 is 0. The summed E-state index contributed by atoms with van der Waals surface area (Å²) in [5.41, 5.74) is 0.883. The van der Waals surface area contributed by atoms with Gasteiger partial charge in [-0.2, -0.15) is 17.0 Å². The Hall–Kier alpha value is -1.44. The lowest BCUT2D eigenvalue weighted by molar-refractivity contribution is -0.140. The Morgan fingerprint density at radius 3 is 2.62 bits per heavy atom. The topological polar surface area (TPSA) is 77.9 Å². The highest BCUT2D eigenvalue weighted by Crippen LogP contribution is 2.24. The van der Waals surface area contributed by atoms with Gasteiger partial charge in [-0.05, 0) is 18.4 Å². The molecular formula is C14H20N2O4S. The van der Waals surface area contributed by atoms with Crippen molar-refractivity contribution in [3.8, 4) is 0 Å². The van der Waals surface area contributed by atoms with Gasteiger partial charge in [-0.25, -0.2) is 0 Å². The van der Waals surface area contributed by atoms with Gasteiger partial charge in [0.15, 0.2) is 0 Å². The van der Waals surface area contributed by atoms with Crippen molar-refractivity contribution in [2.24, 2.45) is 0 Å². The fraction of sp³-hybridized carbons (Fsp3) is 0.500. The largest absolute Gasteiger partial charge is 0.480 e. The third-order valence-electron chi connectivity index (χ3n) is 3.67. The third-order valence-corrected chi connectivity index (χ3v) is 5.74. The summed E-state index contributed by atoms with van der Waals surface area (Å²) in [5, 5.41) is 9.17. The molecule has 0 unspecified atom stereocenters. The fourth-order valence-electron chi connectivity index (χ4n) is 2.56. The van der Waals surface area contributed by atoms with Crippen molar-refractivity contribution in [1.82, 2.24) is 8.61 Å². The lowest BCUT2D eigenvalue weighted by atomic mass is 10.2. The van der Waals surface area contributed by atoms with Crippen molar-refractivity contribution in [1.29, 1.82) is 0 Å². The predicted octanol–water partition coefficient (Wildman–Crippen LogP) is 1.30. The Balaban J connectivity index is 2.21. The highest BCUT2D eigenvalue weighted by molar-refractivity contribution is 7.86. The smallest absolute Gasteiger partial charge is 0.322 e. The van der Waals surface area contributed by atoms with Crippen LogP contribution < -0.4 is 0 Å². The van der Waals surface area contributed by atoms with Crippen molar-refractivity contribution in [2.45, 2.75) is 32.4 Å². The van der Waals surface area contributed by atoms with E-state index in [4.69, 9.17) is 5.11 Å². The van der Waals surface area contributed by atoms with E-state index in [-0.39, 0.29) is 13.1 Å². The minimum atomic E-state index is -3.76. The summed E-state index contributed by atoms with van der Waals surface area (Å²) in [6, 6.07) is 8.35. The average molecular weight is 312 g/mol. The Morgan fingerprint density at radius 1 is 1.38 bits per heavy atom. The van der Waals surface area contributed by atoms with Crippen molar-refractivity contribution < 1.29 is 18.3 Å². The van der Waals surface area contributed by atoms with Crippen LogP contribution in [0.25, 0.3) is 0 Å². The second kappa shape index (κ2) is 6.55. The molecule has 0 bridgehead atoms. The van der Waals surface area contributed by atoms with Gasteiger partial charge in [0.2, 0.25) is 0 Å². The molecule has 0 saturated carbocycles. The maximum Gasteiger partial charge on any atom is 0.322 e. The van der Waals surface area contributed by atoms with E-state index in [0.717, 1.165) is 9.87 Å². The Labute approximate surface area is 125 Å². The first-order chi connectivity index (χ1) is 9.96. The highest BCUT2D eigenvalue weighted by Gasteiger charge is 2.41. The number of hydrogen-bond donors (Lipinski definition) is 1. The molecule has 6 nitrogen and oxygen atoms in total. The molecule has 21 heavy (non-hydrogen) atoms. The molecule has 116 valence electrons. The van der Waals surface area contributed by atoms with Crippen LogP contribution in [-0.2, 0) is 21.5 Å². The van der Waals surface area contributed by atoms with Gasteiger partial charge in [0.25, 0.3) is 10.2 Å². The van der Waals surface area contributed by atoms with Crippen molar-refractivity contribution in [3.63, 3.8) is 0 Å². The van der Waals surface area contributed by atoms with Gasteiger partial charge < -0.3 is 5.11 Å². The van der Waals surface area contributed by atoms with E-state index < -0.39 is 22.2 Å². The number of benzene rings is 1. The first-order valence-electron chi connectivity index (χ1n) is 7.00. The molecule has 1 fully saturated rings. The normalized spacial score (nSPS) is 20.0. The summed E-state index contributed by atoms with van der Waals surface area (Å²) in [6.45, 7) is 2.58. The molecule has 7 heteroatoms. The molecule has 1 atom stereocenters. The third kappa shape index (κ3) is 3.42. The van der Waals surface area contributed by atoms with E-state index >= 15 is 0 Å². The second-order valence-corrected chi connectivity index (χ2v) is 6.91. The number of carboxylic acids is 1. The summed E-state index contributed by atoms with van der Waals surface area (Å²) in [5.74, 6) is -1.08. The Morgan fingerprint density at radius 2 is 2.05 bits per heavy atom. The molecule has 1 aliphatic rings. The quantitative estimate of drug-likeness (QED) is 0.859. The van der Waals surface area contributed by atoms with Crippen LogP contribution in [0.5, 0.6) is 0 Å². The van der Waals surface area contributed by atoms with Crippen LogP contribution in [0.3, 0.4) is 0 Å². The van der Waals surface area contributed by atoms with Gasteiger partial charge in [0.05, 0.1) is 0 Å². The lowest BCUT2D eigenvalue weighted by Gasteiger charge is -2.28. The minimum Gasteiger partial charge on any atom is -0.480 e. The summed E-state index contributed by atoms with van der Waals surface area (Å²) in [4.78, 5) is 11.2. The van der Waals surface area contributed by atoms with Crippen LogP contribution in [-0.4, -0.2) is 47.2 Å². The van der Waals surface area contributed by atoms with Gasteiger partial charge in [-0.15, -0.1) is 0 Å². The Kier molecular flexibility index (Phi) is 4.97. The lowest BCUT2D eigenvalue weighted by Crippen LogP contribution is -2.48. The van der Waals surface area contributed by atoms with Crippen LogP contribution in [0.2, 0.25) is 0 Å². The van der Waals surface area contributed by atoms with Gasteiger partial charge in [0.1, 0.15) is 6.04 Å². The Bertz CT molecular complexity index is 588. The number of rotatable bonds is 6. The summed E-state index contributed by atoms with van der Waals surface area (Å²) in [6.07, 6.45) is 0.955. The molecule has 2 rings (SSSR count). The van der Waals surface area contributed by atoms with Crippen LogP contribution in [0.15, 0.2) is 30.3 Å². The van der Waals surface area contributed by atoms with Crippen LogP contribution in [0, 0.1) is 0 Å². The number of nitrogens with zero attached hydrogens (tertiary/aromatic N) is 2. The summed E-state index contributed by atoms with van der Waals surface area (Å²) < 4.78 is 27.8. The maximum atomic E-state index is 12.7. The van der Waals surface area contributed by atoms with Crippen LogP contribution in [0.4, 0.5) is 0 Å². The van der Waals surface area contributed by atoms with E-state index in [1.165, 1.54) is 4.31 Å². The standard InChI is InChI=1S/C14H20N2O4S/c1-2-15(11-12-7-4-3-5-8-12)21(19,20)16-10-6-9-13(16)14(17)18/h3-5,7-8,13H,2,6,9-11H2,1H3,(H,17,18)/t13-/m1/s1. The fourth-order valence-corrected chi connectivity index (χ4v) is 4.37. The van der Waals surface area contributed by atoms with Crippen molar-refractivity contribution in [3.05, 3.63) is 35.9 Å². The monoisotopic (exact) mass is 312 g/mol. The van der Waals surface area contributed by atoms with E-state index in [1.54, 1.807) is 6.92 Å². The molecule has 0 radical (unpaired) electrons. The van der Waals surface area contributed by atoms with Gasteiger partial charge >= 0.3 is 5.97 Å². The van der Waals surface area contributed by atoms with Gasteiger partial charge in [0, 0.05) is 19.6 Å². The zero-order valence-electron chi connectivity index (χ0n) is 12.0. The van der Waals surface area contributed by atoms with E-state index in [9.17, 15) is 13.2 Å². The predicted molar refractivity (Wildman–Crippen MR) is 78.8 cm³/mol. The first kappa shape index (κ1) is 15.9. The van der Waals surface area contributed by atoms with Gasteiger partial charge in [-0.1, -0.05) is 37.3 Å². The summed E-state index contributed by atoms with van der Waals surface area (Å²) in [7, 11) is -3.76. The van der Waals surface area contributed by atoms with E-state index in [2.05, 4.69) is 0 Å². The van der Waals surface area contributed by atoms with Crippen LogP contribution >= 0.6 is 0 Å². The molecule has 1 heterocycles. The number of carboxylic acid groups (broad SMARTS) is 1. The molecule has 1 saturated heterocycles. The van der Waals surface area contributed by atoms with Crippen LogP contribution in [0.1, 0.15) is 25.3 Å². The van der Waals surface area contributed by atoms with Crippen molar-refractivity contribution >= 4 is 16.2 Å². The highest BCUT2D eigenvalue weighted by atomic mass is 32.2. The molecule has 1 aromatic carbocycles. The zero-order valence-corrected chi connectivity index (χ0v) is 12.8. The van der Waals surface area contributed by atoms with Gasteiger partial charge in [-0.3, -0.25) is 4.79 Å². The van der Waals surface area contributed by atoms with E-state index in [1.807, 2.05) is 30.3 Å². The molecule has 0 aromatic heterocycles. The molecule has 0 aliphatic carbocycles. The first-order valence-corrected chi connectivity index (χ1v) is 8.40. The van der Waals surface area contributed by atoms with Crippen molar-refractivity contribution in [2.75, 3.05) is 13.1 Å². The molecule has 0 spiro atoms. The average Bonchev–Trinajstić information content (AvgIpc) is 2.96. The van der Waals surface area contributed by atoms with E-state index in [0.29, 0.717) is 19.4 Å². The molecule has 0 amide bonds. The second-order valence-electron chi connectivity index (χ2n) is 5.03.